The molecule has 14 nitrogen and oxygen atoms in total. The van der Waals surface area contributed by atoms with E-state index in [-0.39, 0.29) is 19.6 Å². The molecule has 11 atom stereocenters. The fourth-order valence-electron chi connectivity index (χ4n) is 8.42. The molecule has 0 amide bonds. The average Bonchev–Trinajstić information content (AvgIpc) is 3.38. The van der Waals surface area contributed by atoms with Gasteiger partial charge in [0.05, 0.1) is 26.4 Å². The summed E-state index contributed by atoms with van der Waals surface area (Å²) in [4.78, 5) is 13.1. The van der Waals surface area contributed by atoms with Gasteiger partial charge in [-0.2, -0.15) is 0 Å². The van der Waals surface area contributed by atoms with Crippen molar-refractivity contribution in [1.29, 1.82) is 0 Å². The molecule has 7 N–H and O–H groups in total. The Labute approximate surface area is 434 Å². The number of carbonyl (C=O) groups is 1. The second kappa shape index (κ2) is 44.7. The molecule has 2 saturated heterocycles. The summed E-state index contributed by atoms with van der Waals surface area (Å²) in [6, 6.07) is 0. The van der Waals surface area contributed by atoms with Gasteiger partial charge < -0.3 is 64.2 Å². The van der Waals surface area contributed by atoms with Crippen LogP contribution < -0.4 is 0 Å². The van der Waals surface area contributed by atoms with Crippen LogP contribution in [0.2, 0.25) is 0 Å². The number of carbonyl (C=O) groups excluding carboxylic acids is 1. The van der Waals surface area contributed by atoms with Crippen LogP contribution in [0.15, 0.2) is 72.9 Å². The van der Waals surface area contributed by atoms with Crippen molar-refractivity contribution < 1.29 is 69.0 Å². The van der Waals surface area contributed by atoms with Crippen molar-refractivity contribution in [2.24, 2.45) is 0 Å². The summed E-state index contributed by atoms with van der Waals surface area (Å²) >= 11 is 0. The van der Waals surface area contributed by atoms with Gasteiger partial charge in [0.25, 0.3) is 0 Å². The third kappa shape index (κ3) is 31.3. The van der Waals surface area contributed by atoms with Crippen molar-refractivity contribution in [1.82, 2.24) is 0 Å². The van der Waals surface area contributed by atoms with Crippen LogP contribution in [0.5, 0.6) is 0 Å². The highest BCUT2D eigenvalue weighted by Gasteiger charge is 2.47. The number of rotatable bonds is 44. The Kier molecular flexibility index (Phi) is 40.7. The summed E-state index contributed by atoms with van der Waals surface area (Å²) in [6.45, 7) is 3.52. The van der Waals surface area contributed by atoms with Crippen molar-refractivity contribution in [3.63, 3.8) is 0 Å². The van der Waals surface area contributed by atoms with Crippen LogP contribution in [0.3, 0.4) is 0 Å². The lowest BCUT2D eigenvalue weighted by Gasteiger charge is -2.42. The zero-order valence-corrected chi connectivity index (χ0v) is 44.4. The zero-order valence-electron chi connectivity index (χ0n) is 44.4. The Morgan fingerprint density at radius 1 is 0.472 bits per heavy atom. The predicted molar refractivity (Wildman–Crippen MR) is 284 cm³/mol. The van der Waals surface area contributed by atoms with E-state index in [4.69, 9.17) is 28.4 Å². The maximum atomic E-state index is 13.1. The van der Waals surface area contributed by atoms with Gasteiger partial charge in [0.1, 0.15) is 54.9 Å². The number of hydrogen-bond acceptors (Lipinski definition) is 14. The highest BCUT2D eigenvalue weighted by molar-refractivity contribution is 5.69. The summed E-state index contributed by atoms with van der Waals surface area (Å²) in [5, 5.41) is 72.3. The summed E-state index contributed by atoms with van der Waals surface area (Å²) < 4.78 is 34.3. The maximum Gasteiger partial charge on any atom is 0.306 e. The average molecular weight is 1020 g/mol. The number of esters is 1. The van der Waals surface area contributed by atoms with Gasteiger partial charge in [-0.15, -0.1) is 0 Å². The Hall–Kier alpha value is -2.57. The SMILES string of the molecule is CC/C=C\C/C=C\C/C=C\C/C=C\CCCCCCCCCCC(=O)OC(COCCCCCCCC/C=C\C/C=C\CCCCCC)COC1OC(COC2OC(CO)C(O)C(O)C2O)C(O)C(O)C1O. The molecule has 0 saturated carbocycles. The molecule has 11 unspecified atom stereocenters. The summed E-state index contributed by atoms with van der Waals surface area (Å²) in [6.07, 6.45) is 39.5. The molecule has 2 aliphatic heterocycles. The van der Waals surface area contributed by atoms with Crippen molar-refractivity contribution in [2.45, 2.75) is 255 Å². The van der Waals surface area contributed by atoms with E-state index in [0.29, 0.717) is 13.0 Å². The molecular weight excluding hydrogens is 921 g/mol. The first-order valence-electron chi connectivity index (χ1n) is 28.0. The van der Waals surface area contributed by atoms with Gasteiger partial charge >= 0.3 is 5.97 Å². The monoisotopic (exact) mass is 1020 g/mol. The molecule has 0 radical (unpaired) electrons. The van der Waals surface area contributed by atoms with Gasteiger partial charge in [-0.1, -0.05) is 170 Å². The maximum absolute atomic E-state index is 13.1. The topological polar surface area (TPSA) is 214 Å². The Balaban J connectivity index is 1.74. The molecule has 416 valence electrons. The van der Waals surface area contributed by atoms with E-state index in [1.54, 1.807) is 0 Å². The van der Waals surface area contributed by atoms with Gasteiger partial charge in [-0.05, 0) is 83.5 Å². The molecule has 2 heterocycles. The van der Waals surface area contributed by atoms with Gasteiger partial charge in [-0.25, -0.2) is 0 Å². The number of allylic oxidation sites excluding steroid dienone is 12. The minimum absolute atomic E-state index is 0.0477. The number of unbranched alkanes of at least 4 members (excludes halogenated alkanes) is 18. The second-order valence-electron chi connectivity index (χ2n) is 19.4. The van der Waals surface area contributed by atoms with Crippen molar-refractivity contribution in [3.8, 4) is 0 Å². The Morgan fingerprint density at radius 2 is 0.903 bits per heavy atom. The van der Waals surface area contributed by atoms with E-state index < -0.39 is 86.7 Å². The van der Waals surface area contributed by atoms with E-state index in [1.807, 2.05) is 0 Å². The molecule has 2 rings (SSSR count). The number of ether oxygens (including phenoxy) is 6. The fourth-order valence-corrected chi connectivity index (χ4v) is 8.42. The predicted octanol–water partition coefficient (Wildman–Crippen LogP) is 9.47. The lowest BCUT2D eigenvalue weighted by Crippen LogP contribution is -2.61. The van der Waals surface area contributed by atoms with Gasteiger partial charge in [0, 0.05) is 13.0 Å². The highest BCUT2D eigenvalue weighted by Crippen LogP contribution is 2.26. The second-order valence-corrected chi connectivity index (χ2v) is 19.4. The molecule has 0 bridgehead atoms. The van der Waals surface area contributed by atoms with Crippen LogP contribution in [0, 0.1) is 0 Å². The molecule has 0 aromatic heterocycles. The smallest absolute Gasteiger partial charge is 0.306 e. The first-order chi connectivity index (χ1) is 35.1. The number of aliphatic hydroxyl groups excluding tert-OH is 7. The van der Waals surface area contributed by atoms with E-state index in [9.17, 15) is 40.5 Å². The van der Waals surface area contributed by atoms with Crippen LogP contribution in [-0.4, -0.2) is 142 Å². The van der Waals surface area contributed by atoms with Gasteiger partial charge in [-0.3, -0.25) is 4.79 Å². The van der Waals surface area contributed by atoms with Crippen LogP contribution in [0.4, 0.5) is 0 Å². The normalized spacial score (nSPS) is 25.7. The number of aliphatic hydroxyl groups is 7. The van der Waals surface area contributed by atoms with Crippen molar-refractivity contribution in [2.75, 3.05) is 33.0 Å². The molecule has 14 heteroatoms. The minimum Gasteiger partial charge on any atom is -0.457 e. The minimum atomic E-state index is -1.71. The van der Waals surface area contributed by atoms with Crippen LogP contribution in [0.1, 0.15) is 187 Å². The van der Waals surface area contributed by atoms with Crippen LogP contribution in [-0.2, 0) is 33.2 Å². The fraction of sp³-hybridized carbons (Fsp3) is 0.776. The first-order valence-corrected chi connectivity index (χ1v) is 28.0. The van der Waals surface area contributed by atoms with E-state index in [1.165, 1.54) is 70.6 Å². The largest absolute Gasteiger partial charge is 0.457 e. The van der Waals surface area contributed by atoms with Gasteiger partial charge in [0.15, 0.2) is 12.6 Å². The molecule has 2 fully saturated rings. The molecule has 0 spiro atoms. The molecule has 72 heavy (non-hydrogen) atoms. The molecular formula is C58H100O14. The molecule has 0 aromatic carbocycles. The lowest BCUT2D eigenvalue weighted by atomic mass is 9.98. The Bertz CT molecular complexity index is 1460. The van der Waals surface area contributed by atoms with E-state index in [0.717, 1.165) is 89.9 Å². The van der Waals surface area contributed by atoms with Crippen molar-refractivity contribution in [3.05, 3.63) is 72.9 Å². The molecule has 0 aromatic rings. The molecule has 0 aliphatic carbocycles. The quantitative estimate of drug-likeness (QED) is 0.0172. The highest BCUT2D eigenvalue weighted by atomic mass is 16.7. The van der Waals surface area contributed by atoms with Crippen LogP contribution in [0.25, 0.3) is 0 Å². The third-order valence-electron chi connectivity index (χ3n) is 12.9. The van der Waals surface area contributed by atoms with Gasteiger partial charge in [0.2, 0.25) is 0 Å². The molecule has 2 aliphatic rings. The summed E-state index contributed by atoms with van der Waals surface area (Å²) in [7, 11) is 0. The lowest BCUT2D eigenvalue weighted by molar-refractivity contribution is -0.332. The summed E-state index contributed by atoms with van der Waals surface area (Å²) in [5.41, 5.74) is 0. The standard InChI is InChI=1S/C58H100O14/c1-3-5-7-9-11-13-15-17-19-21-22-23-24-25-27-29-31-33-35-37-39-41-50(60)70-47(44-67-42-40-38-36-34-32-30-28-26-20-18-16-14-12-10-8-6-4-2)45-68-57-56(66)54(64)52(62)49(72-57)46-69-58-55(65)53(63)51(61)48(43-59)71-58/h5,7,11,13-14,16-17,19-20,22-23,26,47-49,51-59,61-66H,3-4,6,8-10,12,15,18,21,24-25,27-46H2,1-2H3/b7-5-,13-11-,16-14-,19-17-,23-22-,26-20-. The van der Waals surface area contributed by atoms with E-state index in [2.05, 4.69) is 86.8 Å². The van der Waals surface area contributed by atoms with Crippen LogP contribution >= 0.6 is 0 Å². The third-order valence-corrected chi connectivity index (χ3v) is 12.9. The Morgan fingerprint density at radius 3 is 1.42 bits per heavy atom. The van der Waals surface area contributed by atoms with Crippen molar-refractivity contribution >= 4 is 5.97 Å². The first kappa shape index (κ1) is 65.5. The van der Waals surface area contributed by atoms with E-state index >= 15 is 0 Å². The zero-order chi connectivity index (χ0) is 52.3. The summed E-state index contributed by atoms with van der Waals surface area (Å²) in [5.74, 6) is -0.390. The number of hydrogen-bond donors (Lipinski definition) is 7.